The fourth-order valence-electron chi connectivity index (χ4n) is 3.85. The largest absolute Gasteiger partial charge is 0.461 e. The molecular weight excluding hydrogens is 502 g/mol. The lowest BCUT2D eigenvalue weighted by Gasteiger charge is -2.25. The van der Waals surface area contributed by atoms with Gasteiger partial charge in [-0.25, -0.2) is 18.0 Å². The number of hydrogen-bond acceptors (Lipinski definition) is 8. The second kappa shape index (κ2) is 11.7. The summed E-state index contributed by atoms with van der Waals surface area (Å²) in [5, 5.41) is 6.62. The number of benzene rings is 1. The van der Waals surface area contributed by atoms with E-state index >= 15 is 0 Å². The van der Waals surface area contributed by atoms with Crippen LogP contribution in [0.5, 0.6) is 5.75 Å². The van der Waals surface area contributed by atoms with E-state index < -0.39 is 46.2 Å². The Balaban J connectivity index is 1.76. The number of ether oxygens (including phenoxy) is 2. The Morgan fingerprint density at radius 2 is 1.86 bits per heavy atom. The Kier molecular flexibility index (Phi) is 8.92. The summed E-state index contributed by atoms with van der Waals surface area (Å²) in [4.78, 5) is 39.1. The van der Waals surface area contributed by atoms with Crippen LogP contribution in [0.3, 0.4) is 0 Å². The summed E-state index contributed by atoms with van der Waals surface area (Å²) in [6.07, 6.45) is 2.61. The lowest BCUT2D eigenvalue weighted by molar-refractivity contribution is -0.151. The van der Waals surface area contributed by atoms with Gasteiger partial charge in [0.15, 0.2) is 0 Å². The van der Waals surface area contributed by atoms with Crippen molar-refractivity contribution in [2.24, 2.45) is 7.05 Å². The molecule has 3 rings (SSSR count). The third kappa shape index (κ3) is 7.07. The molecule has 1 aromatic heterocycles. The zero-order chi connectivity index (χ0) is 27.3. The summed E-state index contributed by atoms with van der Waals surface area (Å²) in [5.74, 6) is -0.881. The number of nitrogens with zero attached hydrogens (tertiary/aromatic N) is 4. The summed E-state index contributed by atoms with van der Waals surface area (Å²) in [7, 11) is 0.804. The van der Waals surface area contributed by atoms with Gasteiger partial charge in [-0.05, 0) is 44.4 Å². The molecule has 1 aromatic carbocycles. The summed E-state index contributed by atoms with van der Waals surface area (Å²) in [5.41, 5.74) is 0.682. The van der Waals surface area contributed by atoms with Gasteiger partial charge in [-0.2, -0.15) is 9.40 Å². The minimum atomic E-state index is -3.94. The molecule has 2 atom stereocenters. The predicted molar refractivity (Wildman–Crippen MR) is 133 cm³/mol. The van der Waals surface area contributed by atoms with Crippen molar-refractivity contribution in [3.05, 3.63) is 42.2 Å². The van der Waals surface area contributed by atoms with Gasteiger partial charge in [-0.1, -0.05) is 12.1 Å². The number of nitrogens with one attached hydrogen (secondary N) is 1. The first kappa shape index (κ1) is 28.1. The number of amides is 2. The fraction of sp³-hybridized carbons (Fsp3) is 0.500. The number of aryl methyl sites for hydroxylation is 1. The highest BCUT2D eigenvalue weighted by Crippen LogP contribution is 2.26. The van der Waals surface area contributed by atoms with Crippen molar-refractivity contribution in [1.29, 1.82) is 0 Å². The standard InChI is InChI=1S/C24H33N5O7S/c1-16(2)35-23(31)20(13-17-8-10-18(11-9-17)36-24(32)27(3)4)26-22(30)21-7-6-12-29(21)37(33,34)19-14-25-28(5)15-19/h8-11,14-16,20-21H,6-7,12-13H2,1-5H3,(H,26,30)/t20-,21-/m0/s1. The van der Waals surface area contributed by atoms with Gasteiger partial charge < -0.3 is 19.7 Å². The maximum absolute atomic E-state index is 13.3. The molecule has 13 heteroatoms. The molecule has 202 valence electrons. The molecule has 0 aliphatic carbocycles. The number of aromatic nitrogens is 2. The van der Waals surface area contributed by atoms with Crippen LogP contribution in [0.4, 0.5) is 4.79 Å². The third-order valence-corrected chi connectivity index (χ3v) is 7.54. The van der Waals surface area contributed by atoms with E-state index in [9.17, 15) is 22.8 Å². The summed E-state index contributed by atoms with van der Waals surface area (Å²) >= 11 is 0. The number of rotatable bonds is 9. The van der Waals surface area contributed by atoms with Crippen LogP contribution in [0.15, 0.2) is 41.6 Å². The highest BCUT2D eigenvalue weighted by atomic mass is 32.2. The Hall–Kier alpha value is -3.45. The van der Waals surface area contributed by atoms with Gasteiger partial charge in [0.1, 0.15) is 22.7 Å². The number of esters is 1. The Labute approximate surface area is 216 Å². The maximum atomic E-state index is 13.3. The predicted octanol–water partition coefficient (Wildman–Crippen LogP) is 1.31. The number of sulfonamides is 1. The molecular formula is C24H33N5O7S. The van der Waals surface area contributed by atoms with Crippen LogP contribution in [-0.2, 0) is 37.8 Å². The van der Waals surface area contributed by atoms with E-state index in [1.165, 1.54) is 22.0 Å². The van der Waals surface area contributed by atoms with Gasteiger partial charge in [0.05, 0.1) is 12.3 Å². The maximum Gasteiger partial charge on any atom is 0.414 e. The van der Waals surface area contributed by atoms with E-state index in [1.54, 1.807) is 59.3 Å². The van der Waals surface area contributed by atoms with Crippen molar-refractivity contribution in [3.8, 4) is 5.75 Å². The van der Waals surface area contributed by atoms with E-state index in [0.29, 0.717) is 24.2 Å². The number of carbonyl (C=O) groups is 3. The molecule has 0 unspecified atom stereocenters. The van der Waals surface area contributed by atoms with Crippen LogP contribution in [0.25, 0.3) is 0 Å². The molecule has 1 aliphatic heterocycles. The molecule has 1 N–H and O–H groups in total. The smallest absolute Gasteiger partial charge is 0.414 e. The summed E-state index contributed by atoms with van der Waals surface area (Å²) in [6, 6.07) is 4.51. The molecule has 1 aliphatic rings. The van der Waals surface area contributed by atoms with Crippen molar-refractivity contribution >= 4 is 28.0 Å². The molecule has 1 fully saturated rings. The zero-order valence-corrected chi connectivity index (χ0v) is 22.4. The molecule has 2 aromatic rings. The van der Waals surface area contributed by atoms with Crippen LogP contribution in [-0.4, -0.2) is 84.2 Å². The molecule has 0 radical (unpaired) electrons. The van der Waals surface area contributed by atoms with E-state index in [-0.39, 0.29) is 17.9 Å². The van der Waals surface area contributed by atoms with Crippen LogP contribution in [0.1, 0.15) is 32.3 Å². The molecule has 1 saturated heterocycles. The highest BCUT2D eigenvalue weighted by Gasteiger charge is 2.41. The highest BCUT2D eigenvalue weighted by molar-refractivity contribution is 7.89. The second-order valence-corrected chi connectivity index (χ2v) is 11.2. The van der Waals surface area contributed by atoms with E-state index in [4.69, 9.17) is 9.47 Å². The Bertz CT molecular complexity index is 1220. The van der Waals surface area contributed by atoms with Crippen LogP contribution >= 0.6 is 0 Å². The number of carbonyl (C=O) groups excluding carboxylic acids is 3. The first-order chi connectivity index (χ1) is 17.4. The van der Waals surface area contributed by atoms with E-state index in [2.05, 4.69) is 10.4 Å². The van der Waals surface area contributed by atoms with Gasteiger partial charge in [-0.3, -0.25) is 9.48 Å². The molecule has 2 heterocycles. The van der Waals surface area contributed by atoms with Gasteiger partial charge >= 0.3 is 12.1 Å². The zero-order valence-electron chi connectivity index (χ0n) is 21.6. The molecule has 37 heavy (non-hydrogen) atoms. The first-order valence-electron chi connectivity index (χ1n) is 11.9. The van der Waals surface area contributed by atoms with Crippen molar-refractivity contribution in [2.75, 3.05) is 20.6 Å². The minimum absolute atomic E-state index is 0.000486. The summed E-state index contributed by atoms with van der Waals surface area (Å²) < 4.78 is 39.3. The molecule has 12 nitrogen and oxygen atoms in total. The second-order valence-electron chi connectivity index (χ2n) is 9.28. The number of hydrogen-bond donors (Lipinski definition) is 1. The van der Waals surface area contributed by atoms with Gasteiger partial charge in [0.2, 0.25) is 15.9 Å². The van der Waals surface area contributed by atoms with Gasteiger partial charge in [0, 0.05) is 40.3 Å². The van der Waals surface area contributed by atoms with E-state index in [0.717, 1.165) is 4.31 Å². The van der Waals surface area contributed by atoms with Crippen LogP contribution in [0.2, 0.25) is 0 Å². The minimum Gasteiger partial charge on any atom is -0.461 e. The lowest BCUT2D eigenvalue weighted by atomic mass is 10.0. The molecule has 0 spiro atoms. The van der Waals surface area contributed by atoms with Gasteiger partial charge in [0.25, 0.3) is 0 Å². The quantitative estimate of drug-likeness (QED) is 0.474. The van der Waals surface area contributed by atoms with E-state index in [1.807, 2.05) is 0 Å². The SMILES string of the molecule is CC(C)OC(=O)[C@H](Cc1ccc(OC(=O)N(C)C)cc1)NC(=O)[C@@H]1CCCN1S(=O)(=O)c1cnn(C)c1. The van der Waals surface area contributed by atoms with Crippen LogP contribution in [0, 0.1) is 0 Å². The monoisotopic (exact) mass is 535 g/mol. The molecule has 0 bridgehead atoms. The normalized spacial score (nSPS) is 16.9. The third-order valence-electron chi connectivity index (χ3n) is 5.68. The molecule has 0 saturated carbocycles. The van der Waals surface area contributed by atoms with Crippen LogP contribution < -0.4 is 10.1 Å². The van der Waals surface area contributed by atoms with Crippen molar-refractivity contribution < 1.29 is 32.3 Å². The van der Waals surface area contributed by atoms with Crippen molar-refractivity contribution in [1.82, 2.24) is 24.3 Å². The van der Waals surface area contributed by atoms with Crippen molar-refractivity contribution in [2.45, 2.75) is 56.2 Å². The van der Waals surface area contributed by atoms with Gasteiger partial charge in [-0.15, -0.1) is 0 Å². The Morgan fingerprint density at radius 3 is 2.43 bits per heavy atom. The average Bonchev–Trinajstić information content (AvgIpc) is 3.49. The Morgan fingerprint density at radius 1 is 1.19 bits per heavy atom. The summed E-state index contributed by atoms with van der Waals surface area (Å²) in [6.45, 7) is 3.58. The van der Waals surface area contributed by atoms with Crippen molar-refractivity contribution in [3.63, 3.8) is 0 Å². The first-order valence-corrected chi connectivity index (χ1v) is 13.3. The molecule has 2 amide bonds. The lowest BCUT2D eigenvalue weighted by Crippen LogP contribution is -2.52. The topological polar surface area (TPSA) is 140 Å². The fourth-order valence-corrected chi connectivity index (χ4v) is 5.50. The average molecular weight is 536 g/mol.